The molecule has 2 aromatic rings. The molecule has 3 atom stereocenters. The second kappa shape index (κ2) is 15.9. The van der Waals surface area contributed by atoms with Crippen LogP contribution in [0, 0.1) is 17.6 Å². The molecular weight excluding hydrogens is 400 g/mol. The first-order valence-corrected chi connectivity index (χ1v) is 10.9. The van der Waals surface area contributed by atoms with Crippen LogP contribution < -0.4 is 5.73 Å². The molecule has 0 aromatic heterocycles. The molecule has 3 rings (SSSR count). The van der Waals surface area contributed by atoms with Gasteiger partial charge in [-0.05, 0) is 25.0 Å². The van der Waals surface area contributed by atoms with Gasteiger partial charge in [0.1, 0.15) is 11.6 Å². The van der Waals surface area contributed by atoms with E-state index in [-0.39, 0.29) is 18.1 Å². The van der Waals surface area contributed by atoms with Gasteiger partial charge in [-0.1, -0.05) is 64.1 Å². The number of ether oxygens (including phenoxy) is 2. The van der Waals surface area contributed by atoms with Crippen LogP contribution >= 0.6 is 0 Å². The summed E-state index contributed by atoms with van der Waals surface area (Å²) in [7, 11) is 1.70. The molecule has 0 saturated carbocycles. The van der Waals surface area contributed by atoms with E-state index in [0.29, 0.717) is 19.6 Å². The summed E-state index contributed by atoms with van der Waals surface area (Å²) >= 11 is 0. The van der Waals surface area contributed by atoms with Crippen molar-refractivity contribution in [3.8, 4) is 0 Å². The Bertz CT molecular complexity index is 713. The summed E-state index contributed by atoms with van der Waals surface area (Å²) < 4.78 is 37.0. The molecule has 6 heteroatoms. The number of rotatable bonds is 4. The molecule has 0 radical (unpaired) electrons. The van der Waals surface area contributed by atoms with Crippen LogP contribution in [0.5, 0.6) is 0 Å². The van der Waals surface area contributed by atoms with Gasteiger partial charge in [0.05, 0.1) is 24.9 Å². The highest BCUT2D eigenvalue weighted by Crippen LogP contribution is 2.36. The molecule has 0 amide bonds. The number of aliphatic hydroxyl groups excluding tert-OH is 1. The van der Waals surface area contributed by atoms with Gasteiger partial charge in [-0.25, -0.2) is 8.78 Å². The summed E-state index contributed by atoms with van der Waals surface area (Å²) in [5.74, 6) is -1.66. The Morgan fingerprint density at radius 1 is 1.13 bits per heavy atom. The summed E-state index contributed by atoms with van der Waals surface area (Å²) in [6, 6.07) is 13.4. The van der Waals surface area contributed by atoms with Gasteiger partial charge in [0, 0.05) is 31.3 Å². The summed E-state index contributed by atoms with van der Waals surface area (Å²) in [6.07, 6.45) is -0.131. The largest absolute Gasteiger partial charge is 0.393 e. The predicted octanol–water partition coefficient (Wildman–Crippen LogP) is 5.42. The fourth-order valence-electron chi connectivity index (χ4n) is 3.37. The third-order valence-electron chi connectivity index (χ3n) is 4.74. The number of halogens is 2. The number of nitrogens with two attached hydrogens (primary N) is 1. The van der Waals surface area contributed by atoms with Gasteiger partial charge < -0.3 is 20.3 Å². The molecule has 0 bridgehead atoms. The SMILES string of the molecule is CC.CC.CC(O)C1CCOCC1(N)c1ccc(F)cc1F.COCc1ccccc1. The topological polar surface area (TPSA) is 64.7 Å². The minimum Gasteiger partial charge on any atom is -0.393 e. The van der Waals surface area contributed by atoms with E-state index in [2.05, 4.69) is 0 Å². The minimum atomic E-state index is -1.12. The van der Waals surface area contributed by atoms with Gasteiger partial charge in [-0.3, -0.25) is 0 Å². The Hall–Kier alpha value is -1.86. The van der Waals surface area contributed by atoms with Crippen LogP contribution in [0.15, 0.2) is 48.5 Å². The first kappa shape index (κ1) is 29.1. The minimum absolute atomic E-state index is 0.116. The maximum Gasteiger partial charge on any atom is 0.131 e. The fourth-order valence-corrected chi connectivity index (χ4v) is 3.37. The first-order valence-electron chi connectivity index (χ1n) is 10.9. The van der Waals surface area contributed by atoms with Crippen molar-refractivity contribution in [1.29, 1.82) is 0 Å². The average molecular weight is 440 g/mol. The van der Waals surface area contributed by atoms with Gasteiger partial charge in [0.25, 0.3) is 0 Å². The maximum absolute atomic E-state index is 13.9. The molecule has 3 unspecified atom stereocenters. The van der Waals surface area contributed by atoms with Crippen LogP contribution in [0.3, 0.4) is 0 Å². The Morgan fingerprint density at radius 2 is 1.74 bits per heavy atom. The zero-order chi connectivity index (χ0) is 23.9. The zero-order valence-corrected chi connectivity index (χ0v) is 19.7. The smallest absolute Gasteiger partial charge is 0.131 e. The first-order chi connectivity index (χ1) is 14.9. The lowest BCUT2D eigenvalue weighted by molar-refractivity contribution is -0.0500. The fraction of sp³-hybridized carbons (Fsp3) is 0.520. The van der Waals surface area contributed by atoms with E-state index in [4.69, 9.17) is 15.2 Å². The van der Waals surface area contributed by atoms with Gasteiger partial charge in [-0.2, -0.15) is 0 Å². The van der Waals surface area contributed by atoms with Crippen molar-refractivity contribution < 1.29 is 23.4 Å². The van der Waals surface area contributed by atoms with Crippen LogP contribution in [0.25, 0.3) is 0 Å². The Balaban J connectivity index is 0.000000582. The van der Waals surface area contributed by atoms with Crippen LogP contribution in [0.1, 0.15) is 52.2 Å². The quantitative estimate of drug-likeness (QED) is 0.667. The molecular formula is C25H39F2NO3. The lowest BCUT2D eigenvalue weighted by Crippen LogP contribution is -2.55. The molecule has 0 aliphatic carbocycles. The number of hydrogen-bond donors (Lipinski definition) is 2. The summed E-state index contributed by atoms with van der Waals surface area (Å²) in [5.41, 5.74) is 6.52. The molecule has 1 saturated heterocycles. The summed E-state index contributed by atoms with van der Waals surface area (Å²) in [4.78, 5) is 0. The Kier molecular flexibility index (Phi) is 14.9. The molecule has 4 nitrogen and oxygen atoms in total. The monoisotopic (exact) mass is 439 g/mol. The van der Waals surface area contributed by atoms with E-state index in [0.717, 1.165) is 6.07 Å². The van der Waals surface area contributed by atoms with Crippen molar-refractivity contribution in [2.45, 2.75) is 59.3 Å². The van der Waals surface area contributed by atoms with E-state index < -0.39 is 23.3 Å². The molecule has 1 fully saturated rings. The van der Waals surface area contributed by atoms with Crippen LogP contribution in [0.4, 0.5) is 8.78 Å². The van der Waals surface area contributed by atoms with Crippen molar-refractivity contribution in [3.05, 3.63) is 71.3 Å². The standard InChI is InChI=1S/C13H17F2NO2.C8H10O.2C2H6/c1-8(17)10-4-5-18-7-13(10,16)11-3-2-9(14)6-12(11)15;1-9-7-8-5-3-2-4-6-8;2*1-2/h2-3,6,8,10,17H,4-5,7,16H2,1H3;2-6H,7H2,1H3;2*1-2H3. The van der Waals surface area contributed by atoms with Crippen LogP contribution in [0.2, 0.25) is 0 Å². The Morgan fingerprint density at radius 3 is 2.26 bits per heavy atom. The van der Waals surface area contributed by atoms with Gasteiger partial charge in [0.2, 0.25) is 0 Å². The van der Waals surface area contributed by atoms with Crippen LogP contribution in [-0.2, 0) is 21.6 Å². The highest BCUT2D eigenvalue weighted by atomic mass is 19.1. The third kappa shape index (κ3) is 9.03. The normalized spacial score (nSPS) is 20.6. The molecule has 176 valence electrons. The maximum atomic E-state index is 13.9. The Labute approximate surface area is 186 Å². The highest BCUT2D eigenvalue weighted by molar-refractivity contribution is 5.28. The van der Waals surface area contributed by atoms with Gasteiger partial charge >= 0.3 is 0 Å². The zero-order valence-electron chi connectivity index (χ0n) is 19.7. The lowest BCUT2D eigenvalue weighted by atomic mass is 9.73. The number of methoxy groups -OCH3 is 1. The predicted molar refractivity (Wildman–Crippen MR) is 123 cm³/mol. The van der Waals surface area contributed by atoms with E-state index in [1.807, 2.05) is 58.0 Å². The highest BCUT2D eigenvalue weighted by Gasteiger charge is 2.43. The van der Waals surface area contributed by atoms with Crippen molar-refractivity contribution in [3.63, 3.8) is 0 Å². The molecule has 1 heterocycles. The third-order valence-corrected chi connectivity index (χ3v) is 4.74. The molecule has 1 aliphatic heterocycles. The molecule has 31 heavy (non-hydrogen) atoms. The van der Waals surface area contributed by atoms with E-state index in [9.17, 15) is 13.9 Å². The lowest BCUT2D eigenvalue weighted by Gasteiger charge is -2.42. The van der Waals surface area contributed by atoms with Crippen molar-refractivity contribution >= 4 is 0 Å². The van der Waals surface area contributed by atoms with E-state index in [1.165, 1.54) is 17.7 Å². The second-order valence-electron chi connectivity index (χ2n) is 6.77. The van der Waals surface area contributed by atoms with E-state index >= 15 is 0 Å². The number of benzene rings is 2. The molecule has 3 N–H and O–H groups in total. The van der Waals surface area contributed by atoms with Crippen LogP contribution in [-0.4, -0.2) is 31.5 Å². The van der Waals surface area contributed by atoms with Gasteiger partial charge in [0.15, 0.2) is 0 Å². The van der Waals surface area contributed by atoms with Gasteiger partial charge in [-0.15, -0.1) is 0 Å². The summed E-state index contributed by atoms with van der Waals surface area (Å²) in [5, 5.41) is 9.79. The second-order valence-corrected chi connectivity index (χ2v) is 6.77. The van der Waals surface area contributed by atoms with Crippen molar-refractivity contribution in [1.82, 2.24) is 0 Å². The average Bonchev–Trinajstić information content (AvgIpc) is 2.78. The molecule has 0 spiro atoms. The number of hydrogen-bond acceptors (Lipinski definition) is 4. The number of aliphatic hydroxyl groups is 1. The van der Waals surface area contributed by atoms with Crippen molar-refractivity contribution in [2.24, 2.45) is 11.7 Å². The molecule has 2 aromatic carbocycles. The van der Waals surface area contributed by atoms with E-state index in [1.54, 1.807) is 14.0 Å². The van der Waals surface area contributed by atoms with Crippen molar-refractivity contribution in [2.75, 3.05) is 20.3 Å². The molecule has 1 aliphatic rings. The summed E-state index contributed by atoms with van der Waals surface area (Å²) in [6.45, 7) is 10.9.